The van der Waals surface area contributed by atoms with Crippen LogP contribution in [0.3, 0.4) is 0 Å². The number of carbonyl (C=O) groups excluding carboxylic acids is 1. The molecule has 5 heteroatoms. The maximum absolute atomic E-state index is 13.2. The summed E-state index contributed by atoms with van der Waals surface area (Å²) in [7, 11) is 0. The molecule has 2 heterocycles. The van der Waals surface area contributed by atoms with Crippen LogP contribution in [0.1, 0.15) is 16.8 Å². The first-order valence-electron chi connectivity index (χ1n) is 7.23. The lowest BCUT2D eigenvalue weighted by Crippen LogP contribution is -2.49. The van der Waals surface area contributed by atoms with Gasteiger partial charge in [0, 0.05) is 50.9 Å². The summed E-state index contributed by atoms with van der Waals surface area (Å²) in [4.78, 5) is 16.7. The average molecular weight is 277 g/mol. The van der Waals surface area contributed by atoms with Crippen LogP contribution in [0.2, 0.25) is 0 Å². The Hall–Kier alpha value is -1.46. The van der Waals surface area contributed by atoms with Gasteiger partial charge in [0.05, 0.1) is 0 Å². The van der Waals surface area contributed by atoms with E-state index in [-0.39, 0.29) is 11.7 Å². The van der Waals surface area contributed by atoms with Crippen LogP contribution in [0, 0.1) is 5.82 Å². The Morgan fingerprint density at radius 2 is 2.05 bits per heavy atom. The summed E-state index contributed by atoms with van der Waals surface area (Å²) < 4.78 is 13.2. The first-order valence-corrected chi connectivity index (χ1v) is 7.23. The van der Waals surface area contributed by atoms with Gasteiger partial charge in [0.15, 0.2) is 0 Å². The van der Waals surface area contributed by atoms with Gasteiger partial charge < -0.3 is 10.2 Å². The number of rotatable bonds is 2. The second kappa shape index (κ2) is 5.89. The van der Waals surface area contributed by atoms with Crippen LogP contribution in [-0.4, -0.2) is 61.0 Å². The Balaban J connectivity index is 1.63. The number of likely N-dealkylation sites (tertiary alicyclic amines) is 1. The second-order valence-electron chi connectivity index (χ2n) is 5.49. The Labute approximate surface area is 118 Å². The predicted octanol–water partition coefficient (Wildman–Crippen LogP) is 0.945. The van der Waals surface area contributed by atoms with Crippen molar-refractivity contribution in [2.24, 2.45) is 0 Å². The smallest absolute Gasteiger partial charge is 0.254 e. The summed E-state index contributed by atoms with van der Waals surface area (Å²) in [6, 6.07) is 6.41. The van der Waals surface area contributed by atoms with E-state index in [1.165, 1.54) is 12.1 Å². The third-order valence-electron chi connectivity index (χ3n) is 4.19. The number of halogens is 1. The topological polar surface area (TPSA) is 35.6 Å². The molecule has 0 saturated carbocycles. The molecule has 1 aromatic carbocycles. The Bertz CT molecular complexity index is 488. The molecule has 0 radical (unpaired) electrons. The monoisotopic (exact) mass is 277 g/mol. The van der Waals surface area contributed by atoms with Crippen LogP contribution in [0.25, 0.3) is 0 Å². The summed E-state index contributed by atoms with van der Waals surface area (Å²) >= 11 is 0. The van der Waals surface area contributed by atoms with Crippen LogP contribution in [0.5, 0.6) is 0 Å². The van der Waals surface area contributed by atoms with Crippen molar-refractivity contribution in [3.05, 3.63) is 35.6 Å². The Morgan fingerprint density at radius 1 is 1.25 bits per heavy atom. The van der Waals surface area contributed by atoms with Gasteiger partial charge in [0.2, 0.25) is 0 Å². The summed E-state index contributed by atoms with van der Waals surface area (Å²) in [6.07, 6.45) is 1.01. The number of carbonyl (C=O) groups is 1. The van der Waals surface area contributed by atoms with Crippen LogP contribution in [-0.2, 0) is 0 Å². The van der Waals surface area contributed by atoms with Crippen molar-refractivity contribution in [2.75, 3.05) is 39.3 Å². The molecular weight excluding hydrogens is 257 g/mol. The van der Waals surface area contributed by atoms with Crippen molar-refractivity contribution < 1.29 is 9.18 Å². The highest BCUT2D eigenvalue weighted by molar-refractivity contribution is 5.94. The third-order valence-corrected chi connectivity index (χ3v) is 4.19. The zero-order chi connectivity index (χ0) is 13.9. The molecule has 0 spiro atoms. The van der Waals surface area contributed by atoms with E-state index in [0.29, 0.717) is 11.6 Å². The van der Waals surface area contributed by atoms with E-state index in [0.717, 1.165) is 45.7 Å². The first-order chi connectivity index (χ1) is 9.74. The minimum atomic E-state index is -0.353. The average Bonchev–Trinajstić information content (AvgIpc) is 2.97. The number of benzene rings is 1. The van der Waals surface area contributed by atoms with Crippen molar-refractivity contribution >= 4 is 5.91 Å². The van der Waals surface area contributed by atoms with Crippen LogP contribution >= 0.6 is 0 Å². The van der Waals surface area contributed by atoms with E-state index in [9.17, 15) is 9.18 Å². The Kier molecular flexibility index (Phi) is 3.98. The first kappa shape index (κ1) is 13.5. The van der Waals surface area contributed by atoms with E-state index in [4.69, 9.17) is 0 Å². The highest BCUT2D eigenvalue weighted by atomic mass is 19.1. The minimum Gasteiger partial charge on any atom is -0.337 e. The number of nitrogens with zero attached hydrogens (tertiary/aromatic N) is 2. The summed E-state index contributed by atoms with van der Waals surface area (Å²) in [6.45, 7) is 5.67. The second-order valence-corrected chi connectivity index (χ2v) is 5.49. The molecule has 0 aliphatic carbocycles. The van der Waals surface area contributed by atoms with E-state index >= 15 is 0 Å². The van der Waals surface area contributed by atoms with Gasteiger partial charge in [-0.1, -0.05) is 6.07 Å². The number of amides is 1. The van der Waals surface area contributed by atoms with Crippen molar-refractivity contribution in [1.29, 1.82) is 0 Å². The van der Waals surface area contributed by atoms with Crippen LogP contribution in [0.4, 0.5) is 4.39 Å². The fourth-order valence-corrected chi connectivity index (χ4v) is 3.08. The lowest BCUT2D eigenvalue weighted by Gasteiger charge is -2.32. The zero-order valence-corrected chi connectivity index (χ0v) is 11.5. The van der Waals surface area contributed by atoms with Gasteiger partial charge in [-0.3, -0.25) is 9.69 Å². The fraction of sp³-hybridized carbons (Fsp3) is 0.533. The van der Waals surface area contributed by atoms with Gasteiger partial charge in [-0.15, -0.1) is 0 Å². The third kappa shape index (κ3) is 2.83. The van der Waals surface area contributed by atoms with Crippen LogP contribution in [0.15, 0.2) is 24.3 Å². The van der Waals surface area contributed by atoms with Gasteiger partial charge in [-0.25, -0.2) is 4.39 Å². The van der Waals surface area contributed by atoms with E-state index in [1.54, 1.807) is 12.1 Å². The largest absolute Gasteiger partial charge is 0.337 e. The maximum atomic E-state index is 13.2. The SMILES string of the molecule is O=C(c1cccc(F)c1)N1CCC(N2CCNCC2)C1. The van der Waals surface area contributed by atoms with Crippen LogP contribution < -0.4 is 5.32 Å². The van der Waals surface area contributed by atoms with Gasteiger partial charge in [0.25, 0.3) is 5.91 Å². The zero-order valence-electron chi connectivity index (χ0n) is 11.5. The molecule has 4 nitrogen and oxygen atoms in total. The molecule has 1 atom stereocenters. The number of piperazine rings is 1. The molecule has 20 heavy (non-hydrogen) atoms. The highest BCUT2D eigenvalue weighted by Crippen LogP contribution is 2.19. The summed E-state index contributed by atoms with van der Waals surface area (Å²) in [5.74, 6) is -0.407. The number of hydrogen-bond acceptors (Lipinski definition) is 3. The molecule has 3 rings (SSSR count). The molecule has 2 aliphatic rings. The molecular formula is C15H20FN3O. The van der Waals surface area contributed by atoms with Gasteiger partial charge in [-0.05, 0) is 24.6 Å². The van der Waals surface area contributed by atoms with E-state index < -0.39 is 0 Å². The maximum Gasteiger partial charge on any atom is 0.254 e. The molecule has 1 N–H and O–H groups in total. The molecule has 0 aromatic heterocycles. The molecule has 0 bridgehead atoms. The predicted molar refractivity (Wildman–Crippen MR) is 75.2 cm³/mol. The lowest BCUT2D eigenvalue weighted by molar-refractivity contribution is 0.0773. The van der Waals surface area contributed by atoms with E-state index in [2.05, 4.69) is 10.2 Å². The number of nitrogens with one attached hydrogen (secondary N) is 1. The van der Waals surface area contributed by atoms with Gasteiger partial charge in [0.1, 0.15) is 5.82 Å². The van der Waals surface area contributed by atoms with Gasteiger partial charge >= 0.3 is 0 Å². The number of hydrogen-bond donors (Lipinski definition) is 1. The molecule has 2 aliphatic heterocycles. The molecule has 1 aromatic rings. The quantitative estimate of drug-likeness (QED) is 0.874. The highest BCUT2D eigenvalue weighted by Gasteiger charge is 2.31. The fourth-order valence-electron chi connectivity index (χ4n) is 3.08. The molecule has 2 saturated heterocycles. The van der Waals surface area contributed by atoms with Crippen molar-refractivity contribution in [3.63, 3.8) is 0 Å². The lowest BCUT2D eigenvalue weighted by atomic mass is 10.2. The van der Waals surface area contributed by atoms with Crippen molar-refractivity contribution in [2.45, 2.75) is 12.5 Å². The Morgan fingerprint density at radius 3 is 2.80 bits per heavy atom. The normalized spacial score (nSPS) is 24.1. The van der Waals surface area contributed by atoms with Crippen molar-refractivity contribution in [3.8, 4) is 0 Å². The molecule has 1 amide bonds. The van der Waals surface area contributed by atoms with Gasteiger partial charge in [-0.2, -0.15) is 0 Å². The standard InChI is InChI=1S/C15H20FN3O/c16-13-3-1-2-12(10-13)15(20)19-7-4-14(11-19)18-8-5-17-6-9-18/h1-3,10,14,17H,4-9,11H2. The molecule has 2 fully saturated rings. The summed E-state index contributed by atoms with van der Waals surface area (Å²) in [5, 5.41) is 3.34. The minimum absolute atomic E-state index is 0.0536. The molecule has 1 unspecified atom stereocenters. The van der Waals surface area contributed by atoms with Crippen molar-refractivity contribution in [1.82, 2.24) is 15.1 Å². The van der Waals surface area contributed by atoms with E-state index in [1.807, 2.05) is 4.90 Å². The molecule has 108 valence electrons. The summed E-state index contributed by atoms with van der Waals surface area (Å²) in [5.41, 5.74) is 0.450.